The maximum atomic E-state index is 5.48. The predicted molar refractivity (Wildman–Crippen MR) is 67.0 cm³/mol. The van der Waals surface area contributed by atoms with E-state index in [4.69, 9.17) is 9.15 Å². The van der Waals surface area contributed by atoms with Crippen LogP contribution in [0, 0.1) is 6.92 Å². The molecule has 2 aromatic rings. The molecule has 90 valence electrons. The molecule has 0 spiro atoms. The van der Waals surface area contributed by atoms with Gasteiger partial charge in [-0.15, -0.1) is 0 Å². The van der Waals surface area contributed by atoms with Gasteiger partial charge in [0, 0.05) is 6.54 Å². The molecule has 0 saturated heterocycles. The summed E-state index contributed by atoms with van der Waals surface area (Å²) in [4.78, 5) is 0. The highest BCUT2D eigenvalue weighted by atomic mass is 16.5. The first-order chi connectivity index (χ1) is 8.28. The SMILES string of the molecule is COc1ccc(CNCc2ccc(C)o2)cc1. The molecule has 0 aliphatic rings. The maximum Gasteiger partial charge on any atom is 0.118 e. The normalized spacial score (nSPS) is 10.5. The van der Waals surface area contributed by atoms with Crippen molar-refractivity contribution in [2.45, 2.75) is 20.0 Å². The average Bonchev–Trinajstić information content (AvgIpc) is 2.76. The van der Waals surface area contributed by atoms with Gasteiger partial charge in [0.15, 0.2) is 0 Å². The van der Waals surface area contributed by atoms with Crippen molar-refractivity contribution in [3.05, 3.63) is 53.5 Å². The van der Waals surface area contributed by atoms with Gasteiger partial charge >= 0.3 is 0 Å². The van der Waals surface area contributed by atoms with Gasteiger partial charge in [-0.1, -0.05) is 12.1 Å². The summed E-state index contributed by atoms with van der Waals surface area (Å²) in [5.41, 5.74) is 1.23. The second-order valence-electron chi connectivity index (χ2n) is 3.96. The highest BCUT2D eigenvalue weighted by Gasteiger charge is 1.98. The van der Waals surface area contributed by atoms with Crippen LogP contribution in [0.1, 0.15) is 17.1 Å². The van der Waals surface area contributed by atoms with Crippen molar-refractivity contribution in [3.8, 4) is 5.75 Å². The summed E-state index contributed by atoms with van der Waals surface area (Å²) in [6, 6.07) is 12.0. The predicted octanol–water partition coefficient (Wildman–Crippen LogP) is 2.89. The average molecular weight is 231 g/mol. The zero-order valence-electron chi connectivity index (χ0n) is 10.2. The molecule has 1 heterocycles. The first-order valence-corrected chi connectivity index (χ1v) is 5.67. The molecule has 1 aromatic carbocycles. The summed E-state index contributed by atoms with van der Waals surface area (Å²) in [6.07, 6.45) is 0. The van der Waals surface area contributed by atoms with Crippen LogP contribution < -0.4 is 10.1 Å². The molecule has 0 bridgehead atoms. The standard InChI is InChI=1S/C14H17NO2/c1-11-3-6-14(17-11)10-15-9-12-4-7-13(16-2)8-5-12/h3-8,15H,9-10H2,1-2H3. The van der Waals surface area contributed by atoms with Crippen LogP contribution in [0.3, 0.4) is 0 Å². The van der Waals surface area contributed by atoms with Crippen LogP contribution in [0.2, 0.25) is 0 Å². The largest absolute Gasteiger partial charge is 0.497 e. The van der Waals surface area contributed by atoms with E-state index < -0.39 is 0 Å². The molecule has 17 heavy (non-hydrogen) atoms. The molecule has 1 aromatic heterocycles. The van der Waals surface area contributed by atoms with Gasteiger partial charge in [-0.25, -0.2) is 0 Å². The number of rotatable bonds is 5. The molecule has 0 saturated carbocycles. The number of ether oxygens (including phenoxy) is 1. The molecule has 0 radical (unpaired) electrons. The molecule has 0 atom stereocenters. The van der Waals surface area contributed by atoms with E-state index in [1.165, 1.54) is 5.56 Å². The molecule has 0 aliphatic heterocycles. The van der Waals surface area contributed by atoms with Crippen molar-refractivity contribution in [3.63, 3.8) is 0 Å². The summed E-state index contributed by atoms with van der Waals surface area (Å²) < 4.78 is 10.6. The molecular formula is C14H17NO2. The van der Waals surface area contributed by atoms with E-state index >= 15 is 0 Å². The fourth-order valence-electron chi connectivity index (χ4n) is 1.65. The minimum absolute atomic E-state index is 0.750. The maximum absolute atomic E-state index is 5.48. The van der Waals surface area contributed by atoms with Crippen LogP contribution in [0.5, 0.6) is 5.75 Å². The quantitative estimate of drug-likeness (QED) is 0.859. The lowest BCUT2D eigenvalue weighted by molar-refractivity contribution is 0.414. The lowest BCUT2D eigenvalue weighted by atomic mass is 10.2. The van der Waals surface area contributed by atoms with Crippen LogP contribution >= 0.6 is 0 Å². The fraction of sp³-hybridized carbons (Fsp3) is 0.286. The van der Waals surface area contributed by atoms with Crippen molar-refractivity contribution in [1.82, 2.24) is 5.32 Å². The van der Waals surface area contributed by atoms with Crippen LogP contribution in [0.4, 0.5) is 0 Å². The lowest BCUT2D eigenvalue weighted by Gasteiger charge is -2.04. The lowest BCUT2D eigenvalue weighted by Crippen LogP contribution is -2.11. The second-order valence-corrected chi connectivity index (χ2v) is 3.96. The highest BCUT2D eigenvalue weighted by molar-refractivity contribution is 5.27. The molecule has 0 unspecified atom stereocenters. The van der Waals surface area contributed by atoms with Crippen molar-refractivity contribution in [2.24, 2.45) is 0 Å². The minimum atomic E-state index is 0.750. The Morgan fingerprint density at radius 3 is 2.41 bits per heavy atom. The Kier molecular flexibility index (Phi) is 3.83. The van der Waals surface area contributed by atoms with Gasteiger partial charge in [0.2, 0.25) is 0 Å². The van der Waals surface area contributed by atoms with Gasteiger partial charge in [0.1, 0.15) is 17.3 Å². The van der Waals surface area contributed by atoms with Crippen LogP contribution in [0.15, 0.2) is 40.8 Å². The van der Waals surface area contributed by atoms with E-state index in [9.17, 15) is 0 Å². The molecule has 3 heteroatoms. The highest BCUT2D eigenvalue weighted by Crippen LogP contribution is 2.11. The summed E-state index contributed by atoms with van der Waals surface area (Å²) in [7, 11) is 1.67. The first-order valence-electron chi connectivity index (χ1n) is 5.67. The third kappa shape index (κ3) is 3.36. The van der Waals surface area contributed by atoms with E-state index in [0.717, 1.165) is 30.4 Å². The summed E-state index contributed by atoms with van der Waals surface area (Å²) in [6.45, 7) is 3.52. The Bertz CT molecular complexity index is 459. The topological polar surface area (TPSA) is 34.4 Å². The first kappa shape index (κ1) is 11.7. The Labute approximate surface area is 101 Å². The summed E-state index contributed by atoms with van der Waals surface area (Å²) in [5, 5.41) is 3.33. The van der Waals surface area contributed by atoms with Crippen molar-refractivity contribution >= 4 is 0 Å². The van der Waals surface area contributed by atoms with Gasteiger partial charge in [0.05, 0.1) is 13.7 Å². The van der Waals surface area contributed by atoms with Crippen molar-refractivity contribution in [2.75, 3.05) is 7.11 Å². The minimum Gasteiger partial charge on any atom is -0.497 e. The molecule has 0 fully saturated rings. The van der Waals surface area contributed by atoms with Gasteiger partial charge < -0.3 is 14.5 Å². The Morgan fingerprint density at radius 1 is 1.06 bits per heavy atom. The van der Waals surface area contributed by atoms with Gasteiger partial charge in [-0.3, -0.25) is 0 Å². The van der Waals surface area contributed by atoms with E-state index in [-0.39, 0.29) is 0 Å². The monoisotopic (exact) mass is 231 g/mol. The second kappa shape index (κ2) is 5.55. The molecule has 3 nitrogen and oxygen atoms in total. The Hall–Kier alpha value is -1.74. The third-order valence-corrected chi connectivity index (χ3v) is 2.58. The molecule has 1 N–H and O–H groups in total. The number of methoxy groups -OCH3 is 1. The Morgan fingerprint density at radius 2 is 1.82 bits per heavy atom. The number of benzene rings is 1. The van der Waals surface area contributed by atoms with Gasteiger partial charge in [-0.05, 0) is 36.8 Å². The number of aryl methyl sites for hydroxylation is 1. The molecule has 2 rings (SSSR count). The Balaban J connectivity index is 1.81. The van der Waals surface area contributed by atoms with E-state index in [2.05, 4.69) is 17.4 Å². The van der Waals surface area contributed by atoms with Crippen molar-refractivity contribution in [1.29, 1.82) is 0 Å². The summed E-state index contributed by atoms with van der Waals surface area (Å²) >= 11 is 0. The van der Waals surface area contributed by atoms with Crippen molar-refractivity contribution < 1.29 is 9.15 Å². The van der Waals surface area contributed by atoms with Gasteiger partial charge in [-0.2, -0.15) is 0 Å². The van der Waals surface area contributed by atoms with Crippen LogP contribution in [0.25, 0.3) is 0 Å². The van der Waals surface area contributed by atoms with Crippen LogP contribution in [-0.4, -0.2) is 7.11 Å². The molecule has 0 amide bonds. The number of nitrogens with one attached hydrogen (secondary N) is 1. The fourth-order valence-corrected chi connectivity index (χ4v) is 1.65. The smallest absolute Gasteiger partial charge is 0.118 e. The zero-order chi connectivity index (χ0) is 12.1. The molecule has 0 aliphatic carbocycles. The number of hydrogen-bond acceptors (Lipinski definition) is 3. The zero-order valence-corrected chi connectivity index (χ0v) is 10.2. The van der Waals surface area contributed by atoms with E-state index in [1.807, 2.05) is 31.2 Å². The molecular weight excluding hydrogens is 214 g/mol. The van der Waals surface area contributed by atoms with E-state index in [1.54, 1.807) is 7.11 Å². The van der Waals surface area contributed by atoms with E-state index in [0.29, 0.717) is 0 Å². The van der Waals surface area contributed by atoms with Gasteiger partial charge in [0.25, 0.3) is 0 Å². The summed E-state index contributed by atoms with van der Waals surface area (Å²) in [5.74, 6) is 2.80. The number of furan rings is 1. The third-order valence-electron chi connectivity index (χ3n) is 2.58. The van der Waals surface area contributed by atoms with Crippen LogP contribution in [-0.2, 0) is 13.1 Å². The number of hydrogen-bond donors (Lipinski definition) is 1.